The molecule has 0 saturated heterocycles. The lowest BCUT2D eigenvalue weighted by molar-refractivity contribution is -0.274. The van der Waals surface area contributed by atoms with Crippen molar-refractivity contribution in [3.05, 3.63) is 82.6 Å². The van der Waals surface area contributed by atoms with Gasteiger partial charge in [0.05, 0.1) is 25.7 Å². The molecule has 0 radical (unpaired) electrons. The SMILES string of the molecule is COc1ccc(CCNC(=O)CSc2nc3c([nH]c4ccccc43)c(=O)n2-c2ccc(OC(F)(F)F)cc2)cc1OC. The highest BCUT2D eigenvalue weighted by Crippen LogP contribution is 2.29. The molecule has 218 valence electrons. The van der Waals surface area contributed by atoms with E-state index in [1.807, 2.05) is 36.4 Å². The minimum Gasteiger partial charge on any atom is -0.493 e. The Morgan fingerprint density at radius 2 is 1.76 bits per heavy atom. The van der Waals surface area contributed by atoms with Gasteiger partial charge in [0.2, 0.25) is 5.91 Å². The van der Waals surface area contributed by atoms with E-state index in [0.717, 1.165) is 34.8 Å². The molecule has 5 rings (SSSR count). The molecule has 0 aliphatic rings. The van der Waals surface area contributed by atoms with Crippen LogP contribution in [0.15, 0.2) is 76.7 Å². The predicted octanol–water partition coefficient (Wildman–Crippen LogP) is 5.23. The molecule has 2 heterocycles. The first-order valence-corrected chi connectivity index (χ1v) is 13.7. The molecule has 0 aliphatic carbocycles. The average molecular weight is 599 g/mol. The number of aromatic nitrogens is 3. The van der Waals surface area contributed by atoms with Crippen LogP contribution in [0.3, 0.4) is 0 Å². The number of ether oxygens (including phenoxy) is 3. The Morgan fingerprint density at radius 1 is 1.02 bits per heavy atom. The number of carbonyl (C=O) groups excluding carboxylic acids is 1. The third-order valence-electron chi connectivity index (χ3n) is 6.34. The van der Waals surface area contributed by atoms with Crippen LogP contribution in [0.25, 0.3) is 27.6 Å². The van der Waals surface area contributed by atoms with Gasteiger partial charge in [0.15, 0.2) is 16.7 Å². The Bertz CT molecular complexity index is 1800. The zero-order valence-corrected chi connectivity index (χ0v) is 23.3. The van der Waals surface area contributed by atoms with E-state index in [1.165, 1.54) is 16.7 Å². The molecule has 3 aromatic carbocycles. The van der Waals surface area contributed by atoms with Gasteiger partial charge in [-0.2, -0.15) is 0 Å². The lowest BCUT2D eigenvalue weighted by Crippen LogP contribution is -2.28. The molecule has 0 atom stereocenters. The Labute approximate surface area is 241 Å². The van der Waals surface area contributed by atoms with Gasteiger partial charge in [-0.1, -0.05) is 36.0 Å². The Hall–Kier alpha value is -4.65. The third-order valence-corrected chi connectivity index (χ3v) is 7.28. The highest BCUT2D eigenvalue weighted by Gasteiger charge is 2.31. The number of aromatic amines is 1. The number of nitrogens with zero attached hydrogens (tertiary/aromatic N) is 2. The molecule has 0 bridgehead atoms. The van der Waals surface area contributed by atoms with E-state index in [0.29, 0.717) is 35.5 Å². The fourth-order valence-electron chi connectivity index (χ4n) is 4.43. The van der Waals surface area contributed by atoms with Crippen LogP contribution >= 0.6 is 11.8 Å². The van der Waals surface area contributed by atoms with Gasteiger partial charge in [0, 0.05) is 17.4 Å². The van der Waals surface area contributed by atoms with E-state index >= 15 is 0 Å². The van der Waals surface area contributed by atoms with Crippen LogP contribution in [-0.4, -0.2) is 53.3 Å². The van der Waals surface area contributed by atoms with Gasteiger partial charge in [-0.05, 0) is 54.4 Å². The number of rotatable bonds is 10. The first-order valence-electron chi connectivity index (χ1n) is 12.7. The molecule has 9 nitrogen and oxygen atoms in total. The molecule has 0 unspecified atom stereocenters. The summed E-state index contributed by atoms with van der Waals surface area (Å²) in [6.07, 6.45) is -4.30. The van der Waals surface area contributed by atoms with Crippen LogP contribution in [0.2, 0.25) is 0 Å². The largest absolute Gasteiger partial charge is 0.573 e. The number of hydrogen-bond acceptors (Lipinski definition) is 7. The molecule has 0 aliphatic heterocycles. The molecule has 1 amide bonds. The molecule has 0 fully saturated rings. The van der Waals surface area contributed by atoms with Crippen molar-refractivity contribution >= 4 is 39.6 Å². The summed E-state index contributed by atoms with van der Waals surface area (Å²) >= 11 is 1.04. The van der Waals surface area contributed by atoms with Crippen molar-refractivity contribution in [1.29, 1.82) is 0 Å². The maximum Gasteiger partial charge on any atom is 0.573 e. The Kier molecular flexibility index (Phi) is 8.29. The van der Waals surface area contributed by atoms with Gasteiger partial charge in [0.1, 0.15) is 16.8 Å². The predicted molar refractivity (Wildman–Crippen MR) is 153 cm³/mol. The Balaban J connectivity index is 1.38. The molecule has 5 aromatic rings. The number of benzene rings is 3. The fraction of sp³-hybridized carbons (Fsp3) is 0.207. The molecule has 42 heavy (non-hydrogen) atoms. The summed E-state index contributed by atoms with van der Waals surface area (Å²) in [5, 5.41) is 3.79. The third kappa shape index (κ3) is 6.30. The van der Waals surface area contributed by atoms with E-state index < -0.39 is 17.7 Å². The van der Waals surface area contributed by atoms with Gasteiger partial charge in [-0.25, -0.2) is 4.98 Å². The molecule has 2 N–H and O–H groups in total. The molecular weight excluding hydrogens is 573 g/mol. The number of hydrogen-bond donors (Lipinski definition) is 2. The molecule has 2 aromatic heterocycles. The summed E-state index contributed by atoms with van der Waals surface area (Å²) < 4.78 is 53.7. The van der Waals surface area contributed by atoms with Crippen LogP contribution in [0, 0.1) is 0 Å². The first-order chi connectivity index (χ1) is 20.2. The van der Waals surface area contributed by atoms with Gasteiger partial charge in [-0.15, -0.1) is 13.2 Å². The van der Waals surface area contributed by atoms with Gasteiger partial charge in [-0.3, -0.25) is 14.2 Å². The van der Waals surface area contributed by atoms with E-state index in [-0.39, 0.29) is 28.0 Å². The van der Waals surface area contributed by atoms with Gasteiger partial charge >= 0.3 is 6.36 Å². The van der Waals surface area contributed by atoms with Crippen molar-refractivity contribution in [3.8, 4) is 22.9 Å². The number of alkyl halides is 3. The van der Waals surface area contributed by atoms with Crippen molar-refractivity contribution < 1.29 is 32.2 Å². The molecule has 0 spiro atoms. The van der Waals surface area contributed by atoms with Crippen molar-refractivity contribution in [1.82, 2.24) is 19.9 Å². The van der Waals surface area contributed by atoms with Crippen molar-refractivity contribution in [3.63, 3.8) is 0 Å². The summed E-state index contributed by atoms with van der Waals surface area (Å²) in [7, 11) is 3.10. The summed E-state index contributed by atoms with van der Waals surface area (Å²) in [5.74, 6) is 0.430. The lowest BCUT2D eigenvalue weighted by Gasteiger charge is -2.14. The number of amides is 1. The summed E-state index contributed by atoms with van der Waals surface area (Å²) in [6.45, 7) is 0.358. The minimum absolute atomic E-state index is 0.0541. The first kappa shape index (κ1) is 28.9. The maximum atomic E-state index is 13.7. The van der Waals surface area contributed by atoms with E-state index in [9.17, 15) is 22.8 Å². The molecule has 0 saturated carbocycles. The van der Waals surface area contributed by atoms with Crippen LogP contribution in [0.4, 0.5) is 13.2 Å². The van der Waals surface area contributed by atoms with E-state index in [1.54, 1.807) is 20.3 Å². The number of carbonyl (C=O) groups is 1. The average Bonchev–Trinajstić information content (AvgIpc) is 3.35. The number of thioether (sulfide) groups is 1. The second-order valence-electron chi connectivity index (χ2n) is 9.05. The summed E-state index contributed by atoms with van der Waals surface area (Å²) in [4.78, 5) is 34.2. The van der Waals surface area contributed by atoms with Crippen molar-refractivity contribution in [2.24, 2.45) is 0 Å². The number of fused-ring (bicyclic) bond motifs is 3. The Morgan fingerprint density at radius 3 is 2.48 bits per heavy atom. The lowest BCUT2D eigenvalue weighted by atomic mass is 10.1. The number of H-pyrrole nitrogens is 1. The number of halogens is 3. The highest BCUT2D eigenvalue weighted by molar-refractivity contribution is 7.99. The number of para-hydroxylation sites is 1. The second kappa shape index (κ2) is 12.1. The smallest absolute Gasteiger partial charge is 0.493 e. The fourth-order valence-corrected chi connectivity index (χ4v) is 5.26. The van der Waals surface area contributed by atoms with Gasteiger partial charge < -0.3 is 24.5 Å². The standard InChI is InChI=1S/C29H25F3N4O5S/c1-39-22-12-7-17(15-23(22)40-2)13-14-33-24(37)16-42-28-35-25-20-5-3-4-6-21(20)34-26(25)27(38)36(28)18-8-10-19(11-9-18)41-29(30,31)32/h3-12,15,34H,13-14,16H2,1-2H3,(H,33,37). The number of nitrogens with one attached hydrogen (secondary N) is 2. The van der Waals surface area contributed by atoms with E-state index in [2.05, 4.69) is 15.0 Å². The topological polar surface area (TPSA) is 107 Å². The highest BCUT2D eigenvalue weighted by atomic mass is 32.2. The zero-order chi connectivity index (χ0) is 29.9. The molecular formula is C29H25F3N4O5S. The summed E-state index contributed by atoms with van der Waals surface area (Å²) in [5.41, 5.74) is 2.11. The molecule has 13 heteroatoms. The zero-order valence-electron chi connectivity index (χ0n) is 22.4. The second-order valence-corrected chi connectivity index (χ2v) is 9.99. The van der Waals surface area contributed by atoms with Crippen molar-refractivity contribution in [2.45, 2.75) is 17.9 Å². The normalized spacial score (nSPS) is 11.5. The maximum absolute atomic E-state index is 13.7. The van der Waals surface area contributed by atoms with E-state index in [4.69, 9.17) is 14.5 Å². The summed E-state index contributed by atoms with van der Waals surface area (Å²) in [6, 6.07) is 17.7. The minimum atomic E-state index is -4.85. The van der Waals surface area contributed by atoms with Crippen molar-refractivity contribution in [2.75, 3.05) is 26.5 Å². The number of methoxy groups -OCH3 is 2. The van der Waals surface area contributed by atoms with Crippen LogP contribution in [0.5, 0.6) is 17.2 Å². The van der Waals surface area contributed by atoms with Crippen LogP contribution in [0.1, 0.15) is 5.56 Å². The monoisotopic (exact) mass is 598 g/mol. The van der Waals surface area contributed by atoms with Gasteiger partial charge in [0.25, 0.3) is 5.56 Å². The quantitative estimate of drug-likeness (QED) is 0.167. The van der Waals surface area contributed by atoms with Crippen LogP contribution < -0.4 is 25.1 Å². The van der Waals surface area contributed by atoms with Crippen LogP contribution in [-0.2, 0) is 11.2 Å².